The number of aromatic nitrogens is 2. The summed E-state index contributed by atoms with van der Waals surface area (Å²) in [5.74, 6) is 2.05. The molecule has 6 heteroatoms. The summed E-state index contributed by atoms with van der Waals surface area (Å²) in [4.78, 5) is 4.48. The quantitative estimate of drug-likeness (QED) is 0.799. The molecule has 1 unspecified atom stereocenters. The van der Waals surface area contributed by atoms with Crippen molar-refractivity contribution in [3.8, 4) is 0 Å². The fourth-order valence-corrected chi connectivity index (χ4v) is 3.79. The first-order valence-electron chi connectivity index (χ1n) is 8.99. The summed E-state index contributed by atoms with van der Waals surface area (Å²) in [6, 6.07) is 0.552. The Hall–Kier alpha value is -0.980. The Morgan fingerprint density at radius 1 is 1.30 bits per heavy atom. The van der Waals surface area contributed by atoms with Crippen LogP contribution in [0, 0.1) is 5.41 Å². The Bertz CT molecular complexity index is 477. The van der Waals surface area contributed by atoms with Crippen molar-refractivity contribution in [2.24, 2.45) is 5.41 Å². The lowest BCUT2D eigenvalue weighted by atomic mass is 9.82. The van der Waals surface area contributed by atoms with Crippen LogP contribution in [0.3, 0.4) is 0 Å². The van der Waals surface area contributed by atoms with E-state index in [9.17, 15) is 5.11 Å². The number of ether oxygens (including phenoxy) is 1. The van der Waals surface area contributed by atoms with Gasteiger partial charge in [0, 0.05) is 43.6 Å². The van der Waals surface area contributed by atoms with E-state index in [0.29, 0.717) is 12.0 Å². The van der Waals surface area contributed by atoms with Crippen LogP contribution in [0.2, 0.25) is 0 Å². The maximum Gasteiger partial charge on any atom is 0.229 e. The molecule has 1 aromatic heterocycles. The average Bonchev–Trinajstić information content (AvgIpc) is 3.24. The highest BCUT2D eigenvalue weighted by molar-refractivity contribution is 4.97. The van der Waals surface area contributed by atoms with E-state index in [0.717, 1.165) is 76.4 Å². The molecule has 2 aliphatic rings. The van der Waals surface area contributed by atoms with Gasteiger partial charge >= 0.3 is 0 Å². The van der Waals surface area contributed by atoms with Crippen LogP contribution in [0.15, 0.2) is 4.52 Å². The lowest BCUT2D eigenvalue weighted by molar-refractivity contribution is 0.119. The van der Waals surface area contributed by atoms with Crippen LogP contribution in [0.5, 0.6) is 0 Å². The van der Waals surface area contributed by atoms with Gasteiger partial charge in [0.15, 0.2) is 5.82 Å². The monoisotopic (exact) mass is 323 g/mol. The normalized spacial score (nSPS) is 31.6. The van der Waals surface area contributed by atoms with Gasteiger partial charge in [-0.05, 0) is 38.5 Å². The maximum atomic E-state index is 9.31. The molecule has 0 spiro atoms. The first-order valence-corrected chi connectivity index (χ1v) is 8.99. The smallest absolute Gasteiger partial charge is 0.229 e. The van der Waals surface area contributed by atoms with Crippen molar-refractivity contribution in [1.29, 1.82) is 0 Å². The molecule has 1 saturated heterocycles. The van der Waals surface area contributed by atoms with Gasteiger partial charge in [-0.2, -0.15) is 4.98 Å². The third-order valence-electron chi connectivity index (χ3n) is 5.47. The van der Waals surface area contributed by atoms with Crippen molar-refractivity contribution in [3.63, 3.8) is 0 Å². The Morgan fingerprint density at radius 2 is 2.13 bits per heavy atom. The topological polar surface area (TPSA) is 80.4 Å². The second kappa shape index (κ2) is 7.73. The highest BCUT2D eigenvalue weighted by Gasteiger charge is 2.35. The van der Waals surface area contributed by atoms with Gasteiger partial charge in [0.25, 0.3) is 0 Å². The molecule has 1 saturated carbocycles. The predicted molar refractivity (Wildman–Crippen MR) is 86.2 cm³/mol. The third-order valence-corrected chi connectivity index (χ3v) is 5.47. The van der Waals surface area contributed by atoms with Gasteiger partial charge in [-0.3, -0.25) is 0 Å². The zero-order valence-electron chi connectivity index (χ0n) is 14.1. The lowest BCUT2D eigenvalue weighted by Crippen LogP contribution is -2.42. The van der Waals surface area contributed by atoms with Gasteiger partial charge in [0.05, 0.1) is 6.61 Å². The van der Waals surface area contributed by atoms with Gasteiger partial charge in [-0.1, -0.05) is 12.1 Å². The molecule has 2 N–H and O–H groups in total. The van der Waals surface area contributed by atoms with Crippen LogP contribution >= 0.6 is 0 Å². The molecule has 6 nitrogen and oxygen atoms in total. The molecule has 1 aliphatic heterocycles. The Balaban J connectivity index is 1.45. The molecule has 0 bridgehead atoms. The van der Waals surface area contributed by atoms with Gasteiger partial charge < -0.3 is 19.7 Å². The van der Waals surface area contributed by atoms with Crippen LogP contribution in [-0.2, 0) is 11.2 Å². The SMILES string of the molecule is CCc1noc(C2CCC(NCC3(CCO)CCOC3)CC2)n1. The van der Waals surface area contributed by atoms with Crippen molar-refractivity contribution in [3.05, 3.63) is 11.7 Å². The molecular weight excluding hydrogens is 294 g/mol. The van der Waals surface area contributed by atoms with E-state index in [4.69, 9.17) is 9.26 Å². The third kappa shape index (κ3) is 4.11. The summed E-state index contributed by atoms with van der Waals surface area (Å²) >= 11 is 0. The molecule has 23 heavy (non-hydrogen) atoms. The van der Waals surface area contributed by atoms with Crippen LogP contribution in [0.1, 0.15) is 63.1 Å². The van der Waals surface area contributed by atoms with E-state index < -0.39 is 0 Å². The van der Waals surface area contributed by atoms with Crippen LogP contribution in [0.25, 0.3) is 0 Å². The van der Waals surface area contributed by atoms with E-state index in [1.165, 1.54) is 0 Å². The summed E-state index contributed by atoms with van der Waals surface area (Å²) in [5.41, 5.74) is 0.133. The molecule has 2 heterocycles. The Kier molecular flexibility index (Phi) is 5.67. The molecule has 130 valence electrons. The van der Waals surface area contributed by atoms with Gasteiger partial charge in [0.2, 0.25) is 5.89 Å². The number of nitrogens with zero attached hydrogens (tertiary/aromatic N) is 2. The molecule has 2 fully saturated rings. The van der Waals surface area contributed by atoms with Crippen molar-refractivity contribution >= 4 is 0 Å². The van der Waals surface area contributed by atoms with E-state index in [-0.39, 0.29) is 12.0 Å². The van der Waals surface area contributed by atoms with E-state index in [1.54, 1.807) is 0 Å². The van der Waals surface area contributed by atoms with Crippen molar-refractivity contribution in [2.45, 2.75) is 63.8 Å². The van der Waals surface area contributed by atoms with Crippen molar-refractivity contribution in [2.75, 3.05) is 26.4 Å². The zero-order valence-corrected chi connectivity index (χ0v) is 14.1. The fraction of sp³-hybridized carbons (Fsp3) is 0.882. The van der Waals surface area contributed by atoms with Crippen LogP contribution in [0.4, 0.5) is 0 Å². The van der Waals surface area contributed by atoms with Crippen LogP contribution < -0.4 is 5.32 Å². The van der Waals surface area contributed by atoms with Gasteiger partial charge in [0.1, 0.15) is 0 Å². The second-order valence-corrected chi connectivity index (χ2v) is 7.11. The molecule has 0 amide bonds. The number of nitrogens with one attached hydrogen (secondary N) is 1. The molecule has 1 atom stereocenters. The molecular formula is C17H29N3O3. The number of aliphatic hydroxyl groups excluding tert-OH is 1. The van der Waals surface area contributed by atoms with Crippen molar-refractivity contribution < 1.29 is 14.4 Å². The van der Waals surface area contributed by atoms with E-state index in [1.807, 2.05) is 6.92 Å². The molecule has 0 aromatic carbocycles. The second-order valence-electron chi connectivity index (χ2n) is 7.11. The highest BCUT2D eigenvalue weighted by Crippen LogP contribution is 2.34. The predicted octanol–water partition coefficient (Wildman–Crippen LogP) is 2.04. The van der Waals surface area contributed by atoms with Crippen molar-refractivity contribution in [1.82, 2.24) is 15.5 Å². The van der Waals surface area contributed by atoms with E-state index in [2.05, 4.69) is 15.5 Å². The fourth-order valence-electron chi connectivity index (χ4n) is 3.79. The standard InChI is InChI=1S/C17H29N3O3/c1-2-15-19-16(23-20-15)13-3-5-14(6-4-13)18-11-17(7-9-21)8-10-22-12-17/h13-14,18,21H,2-12H2,1H3. The molecule has 1 aromatic rings. The first-order chi connectivity index (χ1) is 11.2. The minimum absolute atomic E-state index is 0.133. The molecule has 0 radical (unpaired) electrons. The summed E-state index contributed by atoms with van der Waals surface area (Å²) in [5, 5.41) is 17.0. The summed E-state index contributed by atoms with van der Waals surface area (Å²) in [7, 11) is 0. The largest absolute Gasteiger partial charge is 0.396 e. The van der Waals surface area contributed by atoms with Gasteiger partial charge in [-0.25, -0.2) is 0 Å². The summed E-state index contributed by atoms with van der Waals surface area (Å²) in [6.07, 6.45) is 7.21. The van der Waals surface area contributed by atoms with E-state index >= 15 is 0 Å². The number of hydrogen-bond donors (Lipinski definition) is 2. The first kappa shape index (κ1) is 16.9. The number of aryl methyl sites for hydroxylation is 1. The number of aliphatic hydroxyl groups is 1. The molecule has 3 rings (SSSR count). The summed E-state index contributed by atoms with van der Waals surface area (Å²) < 4.78 is 11.0. The minimum Gasteiger partial charge on any atom is -0.396 e. The van der Waals surface area contributed by atoms with Crippen LogP contribution in [-0.4, -0.2) is 47.7 Å². The number of hydrogen-bond acceptors (Lipinski definition) is 6. The maximum absolute atomic E-state index is 9.31. The Labute approximate surface area is 138 Å². The minimum atomic E-state index is 0.133. The Morgan fingerprint density at radius 3 is 2.74 bits per heavy atom. The van der Waals surface area contributed by atoms with Gasteiger partial charge in [-0.15, -0.1) is 0 Å². The lowest BCUT2D eigenvalue weighted by Gasteiger charge is -2.32. The zero-order chi connectivity index (χ0) is 16.1. The highest BCUT2D eigenvalue weighted by atomic mass is 16.5. The molecule has 1 aliphatic carbocycles. The number of rotatable bonds is 7. The summed E-state index contributed by atoms with van der Waals surface area (Å²) in [6.45, 7) is 4.84. The average molecular weight is 323 g/mol.